The predicted molar refractivity (Wildman–Crippen MR) is 129 cm³/mol. The number of allylic oxidation sites excluding steroid dienone is 1. The molecular formula is C26H38FN3O4. The molecule has 0 bridgehead atoms. The lowest BCUT2D eigenvalue weighted by molar-refractivity contribution is -0.141. The fourth-order valence-corrected chi connectivity index (χ4v) is 4.35. The lowest BCUT2D eigenvalue weighted by atomic mass is 9.83. The molecule has 0 aliphatic carbocycles. The third kappa shape index (κ3) is 7.38. The maximum atomic E-state index is 13.4. The number of ether oxygens (including phenoxy) is 1. The van der Waals surface area contributed by atoms with Crippen molar-refractivity contribution in [1.29, 1.82) is 0 Å². The van der Waals surface area contributed by atoms with Crippen LogP contribution >= 0.6 is 0 Å². The van der Waals surface area contributed by atoms with Gasteiger partial charge in [0.15, 0.2) is 0 Å². The number of benzene rings is 1. The zero-order chi connectivity index (χ0) is 25.3. The zero-order valence-corrected chi connectivity index (χ0v) is 21.0. The molecule has 188 valence electrons. The molecule has 2 unspecified atom stereocenters. The van der Waals surface area contributed by atoms with Gasteiger partial charge in [0.05, 0.1) is 12.2 Å². The molecule has 8 heteroatoms. The number of rotatable bonds is 12. The van der Waals surface area contributed by atoms with Gasteiger partial charge in [-0.05, 0) is 70.9 Å². The van der Waals surface area contributed by atoms with Gasteiger partial charge in [-0.2, -0.15) is 0 Å². The lowest BCUT2D eigenvalue weighted by Crippen LogP contribution is -2.46. The Bertz CT molecular complexity index is 881. The molecule has 2 rings (SSSR count). The van der Waals surface area contributed by atoms with E-state index in [4.69, 9.17) is 4.74 Å². The molecule has 1 aliphatic heterocycles. The van der Waals surface area contributed by atoms with Crippen LogP contribution in [0.5, 0.6) is 0 Å². The van der Waals surface area contributed by atoms with Gasteiger partial charge in [0.25, 0.3) is 0 Å². The second kappa shape index (κ2) is 13.2. The second-order valence-electron chi connectivity index (χ2n) is 8.65. The minimum absolute atomic E-state index is 0.00379. The molecule has 0 fully saturated rings. The van der Waals surface area contributed by atoms with Crippen molar-refractivity contribution in [2.24, 2.45) is 0 Å². The van der Waals surface area contributed by atoms with E-state index in [1.807, 2.05) is 6.92 Å². The molecule has 1 heterocycles. The fourth-order valence-electron chi connectivity index (χ4n) is 4.35. The lowest BCUT2D eigenvalue weighted by Gasteiger charge is -2.34. The molecule has 0 spiro atoms. The normalized spacial score (nSPS) is 17.2. The van der Waals surface area contributed by atoms with Gasteiger partial charge < -0.3 is 19.9 Å². The molecule has 2 atom stereocenters. The van der Waals surface area contributed by atoms with Crippen LogP contribution in [0.4, 0.5) is 4.39 Å². The first-order valence-electron chi connectivity index (χ1n) is 12.2. The largest absolute Gasteiger partial charge is 0.463 e. The van der Waals surface area contributed by atoms with Gasteiger partial charge in [-0.1, -0.05) is 26.0 Å². The molecule has 2 amide bonds. The molecule has 0 saturated carbocycles. The standard InChI is InChI=1S/C26H38FN3O4/c1-6-29(7-2)15-9-10-18(4)28-23(31)17-30-19(5)25(26(33)34-8-3)22(16-24(30)32)20-11-13-21(27)14-12-20/h11-14,18,22H,6-10,15-17H2,1-5H3,(H,28,31). The number of carbonyl (C=O) groups is 3. The Balaban J connectivity index is 2.13. The Morgan fingerprint density at radius 2 is 1.85 bits per heavy atom. The summed E-state index contributed by atoms with van der Waals surface area (Å²) in [4.78, 5) is 42.2. The molecule has 0 radical (unpaired) electrons. The molecule has 1 aromatic rings. The molecule has 0 aromatic heterocycles. The highest BCUT2D eigenvalue weighted by molar-refractivity contribution is 5.97. The van der Waals surface area contributed by atoms with Crippen molar-refractivity contribution in [3.05, 3.63) is 46.9 Å². The molecule has 7 nitrogen and oxygen atoms in total. The number of halogens is 1. The highest BCUT2D eigenvalue weighted by atomic mass is 19.1. The number of amides is 2. The van der Waals surface area contributed by atoms with Crippen molar-refractivity contribution in [3.63, 3.8) is 0 Å². The first kappa shape index (κ1) is 27.5. The van der Waals surface area contributed by atoms with E-state index < -0.39 is 17.7 Å². The van der Waals surface area contributed by atoms with Crippen molar-refractivity contribution in [2.45, 2.75) is 65.8 Å². The van der Waals surface area contributed by atoms with Crippen LogP contribution in [0.15, 0.2) is 35.5 Å². The Morgan fingerprint density at radius 1 is 1.21 bits per heavy atom. The van der Waals surface area contributed by atoms with Crippen molar-refractivity contribution in [3.8, 4) is 0 Å². The van der Waals surface area contributed by atoms with Gasteiger partial charge in [0, 0.05) is 24.1 Å². The van der Waals surface area contributed by atoms with Gasteiger partial charge in [-0.15, -0.1) is 0 Å². The van der Waals surface area contributed by atoms with Crippen molar-refractivity contribution in [2.75, 3.05) is 32.8 Å². The predicted octanol–water partition coefficient (Wildman–Crippen LogP) is 3.61. The van der Waals surface area contributed by atoms with Crippen LogP contribution in [0.3, 0.4) is 0 Å². The van der Waals surface area contributed by atoms with Crippen LogP contribution in [-0.2, 0) is 19.1 Å². The number of hydrogen-bond acceptors (Lipinski definition) is 5. The van der Waals surface area contributed by atoms with E-state index in [1.165, 1.54) is 17.0 Å². The number of carbonyl (C=O) groups excluding carboxylic acids is 3. The van der Waals surface area contributed by atoms with Crippen molar-refractivity contribution < 1.29 is 23.5 Å². The SMILES string of the molecule is CCOC(=O)C1=C(C)N(CC(=O)NC(C)CCCN(CC)CC)C(=O)CC1c1ccc(F)cc1. The minimum atomic E-state index is -0.550. The van der Waals surface area contributed by atoms with Crippen LogP contribution in [0.25, 0.3) is 0 Å². The zero-order valence-electron chi connectivity index (χ0n) is 21.0. The third-order valence-electron chi connectivity index (χ3n) is 6.31. The maximum absolute atomic E-state index is 13.4. The Hall–Kier alpha value is -2.74. The van der Waals surface area contributed by atoms with E-state index in [1.54, 1.807) is 26.0 Å². The number of esters is 1. The summed E-state index contributed by atoms with van der Waals surface area (Å²) in [6.07, 6.45) is 1.81. The quantitative estimate of drug-likeness (QED) is 0.467. The van der Waals surface area contributed by atoms with Crippen LogP contribution in [0.1, 0.15) is 65.4 Å². The summed E-state index contributed by atoms with van der Waals surface area (Å²) in [5.74, 6) is -2.01. The Labute approximate surface area is 202 Å². The average molecular weight is 476 g/mol. The van der Waals surface area contributed by atoms with Gasteiger partial charge in [-0.3, -0.25) is 9.59 Å². The molecule has 34 heavy (non-hydrogen) atoms. The molecule has 0 saturated heterocycles. The van der Waals surface area contributed by atoms with E-state index in [9.17, 15) is 18.8 Å². The molecule has 1 aromatic carbocycles. The smallest absolute Gasteiger partial charge is 0.336 e. The summed E-state index contributed by atoms with van der Waals surface area (Å²) < 4.78 is 18.7. The second-order valence-corrected chi connectivity index (χ2v) is 8.65. The fraction of sp³-hybridized carbons (Fsp3) is 0.577. The monoisotopic (exact) mass is 475 g/mol. The first-order chi connectivity index (χ1) is 16.2. The van der Waals surface area contributed by atoms with Gasteiger partial charge in [-0.25, -0.2) is 9.18 Å². The van der Waals surface area contributed by atoms with Crippen LogP contribution in [-0.4, -0.2) is 66.4 Å². The molecule has 1 aliphatic rings. The first-order valence-corrected chi connectivity index (χ1v) is 12.2. The topological polar surface area (TPSA) is 79.0 Å². The van der Waals surface area contributed by atoms with Gasteiger partial charge >= 0.3 is 5.97 Å². The third-order valence-corrected chi connectivity index (χ3v) is 6.31. The van der Waals surface area contributed by atoms with Crippen LogP contribution < -0.4 is 5.32 Å². The highest BCUT2D eigenvalue weighted by Crippen LogP contribution is 2.37. The highest BCUT2D eigenvalue weighted by Gasteiger charge is 2.37. The van der Waals surface area contributed by atoms with E-state index in [0.717, 1.165) is 32.5 Å². The number of hydrogen-bond donors (Lipinski definition) is 1. The summed E-state index contributed by atoms with van der Waals surface area (Å²) in [5, 5.41) is 2.96. The maximum Gasteiger partial charge on any atom is 0.336 e. The Morgan fingerprint density at radius 3 is 2.44 bits per heavy atom. The van der Waals surface area contributed by atoms with E-state index >= 15 is 0 Å². The van der Waals surface area contributed by atoms with Gasteiger partial charge in [0.1, 0.15) is 12.4 Å². The van der Waals surface area contributed by atoms with Gasteiger partial charge in [0.2, 0.25) is 11.8 Å². The Kier molecular flexibility index (Phi) is 10.7. The molecular weight excluding hydrogens is 437 g/mol. The van der Waals surface area contributed by atoms with Crippen molar-refractivity contribution >= 4 is 17.8 Å². The van der Waals surface area contributed by atoms with E-state index in [-0.39, 0.29) is 37.4 Å². The summed E-state index contributed by atoms with van der Waals surface area (Å²) in [7, 11) is 0. The minimum Gasteiger partial charge on any atom is -0.463 e. The number of nitrogens with zero attached hydrogens (tertiary/aromatic N) is 2. The molecule has 1 N–H and O–H groups in total. The number of nitrogens with one attached hydrogen (secondary N) is 1. The van der Waals surface area contributed by atoms with E-state index in [0.29, 0.717) is 16.8 Å². The van der Waals surface area contributed by atoms with E-state index in [2.05, 4.69) is 24.1 Å². The average Bonchev–Trinajstić information content (AvgIpc) is 2.79. The van der Waals surface area contributed by atoms with Crippen LogP contribution in [0.2, 0.25) is 0 Å². The summed E-state index contributed by atoms with van der Waals surface area (Å²) in [6, 6.07) is 5.73. The summed E-state index contributed by atoms with van der Waals surface area (Å²) in [6.45, 7) is 12.6. The van der Waals surface area contributed by atoms with Crippen LogP contribution in [0, 0.1) is 5.82 Å². The summed E-state index contributed by atoms with van der Waals surface area (Å²) >= 11 is 0. The van der Waals surface area contributed by atoms with Crippen molar-refractivity contribution in [1.82, 2.24) is 15.1 Å². The summed E-state index contributed by atoms with van der Waals surface area (Å²) in [5.41, 5.74) is 1.38.